The van der Waals surface area contributed by atoms with Crippen molar-refractivity contribution in [3.05, 3.63) is 18.2 Å². The first kappa shape index (κ1) is 17.3. The lowest BCUT2D eigenvalue weighted by Gasteiger charge is -2.20. The summed E-state index contributed by atoms with van der Waals surface area (Å²) in [5.41, 5.74) is 6.51. The van der Waals surface area contributed by atoms with E-state index in [9.17, 15) is 13.2 Å². The molecule has 21 heavy (non-hydrogen) atoms. The maximum absolute atomic E-state index is 11.7. The Balaban J connectivity index is 2.59. The van der Waals surface area contributed by atoms with Gasteiger partial charge in [-0.05, 0) is 39.0 Å². The lowest BCUT2D eigenvalue weighted by atomic mass is 10.1. The number of anilines is 2. The highest BCUT2D eigenvalue weighted by Crippen LogP contribution is 2.22. The molecule has 0 saturated heterocycles. The molecule has 7 heteroatoms. The van der Waals surface area contributed by atoms with Crippen LogP contribution >= 0.6 is 0 Å². The Hall–Kier alpha value is -1.76. The zero-order valence-electron chi connectivity index (χ0n) is 12.9. The van der Waals surface area contributed by atoms with Crippen LogP contribution < -0.4 is 16.4 Å². The summed E-state index contributed by atoms with van der Waals surface area (Å²) in [4.78, 5) is 11.8. The third kappa shape index (κ3) is 6.03. The molecule has 118 valence electrons. The van der Waals surface area contributed by atoms with Crippen molar-refractivity contribution >= 4 is 27.1 Å². The molecule has 0 unspecified atom stereocenters. The van der Waals surface area contributed by atoms with Crippen molar-refractivity contribution in [2.45, 2.75) is 37.6 Å². The Labute approximate surface area is 126 Å². The zero-order valence-corrected chi connectivity index (χ0v) is 13.7. The molecule has 1 aromatic rings. The van der Waals surface area contributed by atoms with Crippen molar-refractivity contribution in [2.75, 3.05) is 23.9 Å². The number of carbonyl (C=O) groups is 1. The van der Waals surface area contributed by atoms with E-state index in [4.69, 9.17) is 5.73 Å². The zero-order chi connectivity index (χ0) is 16.3. The number of nitrogen functional groups attached to an aromatic ring is 1. The number of hydrogen-bond donors (Lipinski definition) is 3. The second kappa shape index (κ2) is 6.34. The average molecular weight is 313 g/mol. The third-order valence-electron chi connectivity index (χ3n) is 2.63. The van der Waals surface area contributed by atoms with Gasteiger partial charge in [0.05, 0.1) is 16.3 Å². The Morgan fingerprint density at radius 1 is 1.29 bits per heavy atom. The summed E-state index contributed by atoms with van der Waals surface area (Å²) in [7, 11) is -3.27. The van der Waals surface area contributed by atoms with E-state index in [1.165, 1.54) is 12.1 Å². The molecule has 0 aliphatic carbocycles. The van der Waals surface area contributed by atoms with Gasteiger partial charge in [0, 0.05) is 24.8 Å². The van der Waals surface area contributed by atoms with Crippen LogP contribution in [0.5, 0.6) is 0 Å². The molecule has 0 spiro atoms. The molecule has 1 amide bonds. The Kier molecular flexibility index (Phi) is 5.22. The SMILES string of the molecule is CC(C)(C)NC(=O)CCNc1ccc(S(C)(=O)=O)cc1N. The Morgan fingerprint density at radius 3 is 2.38 bits per heavy atom. The van der Waals surface area contributed by atoms with Gasteiger partial charge in [0.1, 0.15) is 0 Å². The van der Waals surface area contributed by atoms with Crippen molar-refractivity contribution in [1.82, 2.24) is 5.32 Å². The van der Waals surface area contributed by atoms with E-state index >= 15 is 0 Å². The number of benzene rings is 1. The van der Waals surface area contributed by atoms with E-state index in [1.54, 1.807) is 6.07 Å². The molecular weight excluding hydrogens is 290 g/mol. The molecule has 0 aliphatic rings. The lowest BCUT2D eigenvalue weighted by Crippen LogP contribution is -2.41. The number of nitrogens with one attached hydrogen (secondary N) is 2. The highest BCUT2D eigenvalue weighted by Gasteiger charge is 2.13. The van der Waals surface area contributed by atoms with Gasteiger partial charge in [-0.1, -0.05) is 0 Å². The minimum absolute atomic E-state index is 0.0543. The van der Waals surface area contributed by atoms with Crippen LogP contribution in [0.3, 0.4) is 0 Å². The molecule has 4 N–H and O–H groups in total. The van der Waals surface area contributed by atoms with E-state index in [-0.39, 0.29) is 16.3 Å². The number of hydrogen-bond acceptors (Lipinski definition) is 5. The molecule has 0 atom stereocenters. The second-order valence-corrected chi connectivity index (χ2v) is 8.01. The van der Waals surface area contributed by atoms with Gasteiger partial charge < -0.3 is 16.4 Å². The van der Waals surface area contributed by atoms with E-state index in [1.807, 2.05) is 20.8 Å². The standard InChI is InChI=1S/C14H23N3O3S/c1-14(2,3)17-13(18)7-8-16-12-6-5-10(9-11(12)15)21(4,19)20/h5-6,9,16H,7-8,15H2,1-4H3,(H,17,18). The highest BCUT2D eigenvalue weighted by atomic mass is 32.2. The number of sulfone groups is 1. The van der Waals surface area contributed by atoms with Crippen molar-refractivity contribution in [2.24, 2.45) is 0 Å². The van der Waals surface area contributed by atoms with Gasteiger partial charge in [-0.25, -0.2) is 8.42 Å². The fourth-order valence-corrected chi connectivity index (χ4v) is 2.38. The van der Waals surface area contributed by atoms with Crippen molar-refractivity contribution in [1.29, 1.82) is 0 Å². The van der Waals surface area contributed by atoms with Gasteiger partial charge in [0.2, 0.25) is 5.91 Å². The topological polar surface area (TPSA) is 101 Å². The lowest BCUT2D eigenvalue weighted by molar-refractivity contribution is -0.122. The number of rotatable bonds is 5. The Morgan fingerprint density at radius 2 is 1.90 bits per heavy atom. The predicted molar refractivity (Wildman–Crippen MR) is 85.0 cm³/mol. The molecular formula is C14H23N3O3S. The molecule has 1 aromatic carbocycles. The number of nitrogens with two attached hydrogens (primary N) is 1. The summed E-state index contributed by atoms with van der Waals surface area (Å²) in [5.74, 6) is -0.0543. The number of carbonyl (C=O) groups excluding carboxylic acids is 1. The Bertz CT molecular complexity index is 619. The molecule has 1 rings (SSSR count). The van der Waals surface area contributed by atoms with Gasteiger partial charge in [0.15, 0.2) is 9.84 Å². The fourth-order valence-electron chi connectivity index (χ4n) is 1.72. The molecule has 0 saturated carbocycles. The van der Waals surface area contributed by atoms with Crippen LogP contribution in [0.1, 0.15) is 27.2 Å². The van der Waals surface area contributed by atoms with E-state index in [0.717, 1.165) is 6.26 Å². The van der Waals surface area contributed by atoms with Crippen LogP contribution in [-0.2, 0) is 14.6 Å². The quantitative estimate of drug-likeness (QED) is 0.713. The molecule has 0 aromatic heterocycles. The van der Waals surface area contributed by atoms with Crippen LogP contribution in [0.2, 0.25) is 0 Å². The second-order valence-electron chi connectivity index (χ2n) is 6.00. The molecule has 0 heterocycles. The molecule has 0 fully saturated rings. The van der Waals surface area contributed by atoms with Crippen LogP contribution in [0.25, 0.3) is 0 Å². The van der Waals surface area contributed by atoms with Crippen molar-refractivity contribution in [3.63, 3.8) is 0 Å². The predicted octanol–water partition coefficient (Wildman–Crippen LogP) is 1.39. The maximum Gasteiger partial charge on any atom is 0.222 e. The highest BCUT2D eigenvalue weighted by molar-refractivity contribution is 7.90. The van der Waals surface area contributed by atoms with Crippen molar-refractivity contribution < 1.29 is 13.2 Å². The van der Waals surface area contributed by atoms with E-state index in [0.29, 0.717) is 24.3 Å². The molecule has 0 bridgehead atoms. The number of amides is 1. The normalized spacial score (nSPS) is 12.0. The van der Waals surface area contributed by atoms with E-state index in [2.05, 4.69) is 10.6 Å². The monoisotopic (exact) mass is 313 g/mol. The third-order valence-corrected chi connectivity index (χ3v) is 3.74. The van der Waals surface area contributed by atoms with Crippen LogP contribution in [0.15, 0.2) is 23.1 Å². The first-order chi connectivity index (χ1) is 9.49. The van der Waals surface area contributed by atoms with Gasteiger partial charge >= 0.3 is 0 Å². The van der Waals surface area contributed by atoms with E-state index < -0.39 is 9.84 Å². The van der Waals surface area contributed by atoms with Crippen LogP contribution in [-0.4, -0.2) is 32.7 Å². The first-order valence-electron chi connectivity index (χ1n) is 6.63. The summed E-state index contributed by atoms with van der Waals surface area (Å²) in [6.07, 6.45) is 1.44. The summed E-state index contributed by atoms with van der Waals surface area (Å²) >= 11 is 0. The van der Waals surface area contributed by atoms with Gasteiger partial charge in [-0.3, -0.25) is 4.79 Å². The summed E-state index contributed by atoms with van der Waals surface area (Å²) in [5, 5.41) is 5.89. The van der Waals surface area contributed by atoms with Gasteiger partial charge in [-0.15, -0.1) is 0 Å². The maximum atomic E-state index is 11.7. The van der Waals surface area contributed by atoms with Gasteiger partial charge in [-0.2, -0.15) is 0 Å². The summed E-state index contributed by atoms with van der Waals surface area (Å²) in [6.45, 7) is 6.17. The molecule has 6 nitrogen and oxygen atoms in total. The minimum Gasteiger partial charge on any atom is -0.397 e. The molecule has 0 radical (unpaired) electrons. The summed E-state index contributed by atoms with van der Waals surface area (Å²) < 4.78 is 22.8. The van der Waals surface area contributed by atoms with Crippen molar-refractivity contribution in [3.8, 4) is 0 Å². The smallest absolute Gasteiger partial charge is 0.222 e. The van der Waals surface area contributed by atoms with Crippen LogP contribution in [0.4, 0.5) is 11.4 Å². The van der Waals surface area contributed by atoms with Gasteiger partial charge in [0.25, 0.3) is 0 Å². The van der Waals surface area contributed by atoms with Crippen LogP contribution in [0, 0.1) is 0 Å². The average Bonchev–Trinajstić information content (AvgIpc) is 2.27. The minimum atomic E-state index is -3.27. The molecule has 0 aliphatic heterocycles. The first-order valence-corrected chi connectivity index (χ1v) is 8.53. The largest absolute Gasteiger partial charge is 0.397 e. The summed E-state index contributed by atoms with van der Waals surface area (Å²) in [6, 6.07) is 4.50. The fraction of sp³-hybridized carbons (Fsp3) is 0.500.